The number of nitrogens with zero attached hydrogens (tertiary/aromatic N) is 1. The predicted octanol–water partition coefficient (Wildman–Crippen LogP) is 2.16. The third-order valence-electron chi connectivity index (χ3n) is 1.12. The molecule has 1 aromatic heterocycles. The molecule has 0 aliphatic heterocycles. The molecule has 2 N–H and O–H groups in total. The van der Waals surface area contributed by atoms with E-state index in [9.17, 15) is 0 Å². The molecule has 0 saturated heterocycles. The van der Waals surface area contributed by atoms with Gasteiger partial charge in [-0.2, -0.15) is 0 Å². The van der Waals surface area contributed by atoms with Gasteiger partial charge in [0.15, 0.2) is 0 Å². The van der Waals surface area contributed by atoms with Crippen LogP contribution in [0.5, 0.6) is 0 Å². The topological polar surface area (TPSA) is 38.9 Å². The van der Waals surface area contributed by atoms with Crippen molar-refractivity contribution in [1.82, 2.24) is 4.98 Å². The van der Waals surface area contributed by atoms with Crippen molar-refractivity contribution < 1.29 is 0 Å². The molecule has 3 heteroatoms. The van der Waals surface area contributed by atoms with E-state index in [4.69, 9.17) is 5.73 Å². The summed E-state index contributed by atoms with van der Waals surface area (Å²) in [5.41, 5.74) is 6.36. The van der Waals surface area contributed by atoms with Crippen LogP contribution in [0.2, 0.25) is 0 Å². The zero-order valence-corrected chi connectivity index (χ0v) is 7.56. The molecule has 1 heterocycles. The number of anilines is 1. The first-order valence-electron chi connectivity index (χ1n) is 3.56. The van der Waals surface area contributed by atoms with Crippen LogP contribution >= 0.6 is 11.8 Å². The minimum absolute atomic E-state index is 0.560. The molecular formula is C8H12N2S. The molecule has 0 aromatic carbocycles. The molecule has 11 heavy (non-hydrogen) atoms. The number of hydrogen-bond donors (Lipinski definition) is 1. The molecule has 60 valence electrons. The fraction of sp³-hybridized carbons (Fsp3) is 0.375. The fourth-order valence-corrected chi connectivity index (χ4v) is 1.54. The van der Waals surface area contributed by atoms with Crippen LogP contribution < -0.4 is 5.73 Å². The van der Waals surface area contributed by atoms with Crippen molar-refractivity contribution in [1.29, 1.82) is 0 Å². The highest BCUT2D eigenvalue weighted by Crippen LogP contribution is 2.21. The van der Waals surface area contributed by atoms with Crippen LogP contribution in [0.4, 0.5) is 5.69 Å². The molecule has 0 spiro atoms. The summed E-state index contributed by atoms with van der Waals surface area (Å²) >= 11 is 1.72. The van der Waals surface area contributed by atoms with Crippen molar-refractivity contribution in [2.75, 3.05) is 5.73 Å². The number of nitrogen functional groups attached to an aromatic ring is 1. The number of aromatic nitrogens is 1. The van der Waals surface area contributed by atoms with Gasteiger partial charge in [0.05, 0.1) is 5.03 Å². The Morgan fingerprint density at radius 3 is 2.82 bits per heavy atom. The molecule has 1 rings (SSSR count). The summed E-state index contributed by atoms with van der Waals surface area (Å²) < 4.78 is 0. The Hall–Kier alpha value is -0.700. The Kier molecular flexibility index (Phi) is 2.76. The average molecular weight is 168 g/mol. The largest absolute Gasteiger partial charge is 0.399 e. The Bertz CT molecular complexity index is 235. The quantitative estimate of drug-likeness (QED) is 0.688. The van der Waals surface area contributed by atoms with Gasteiger partial charge in [-0.1, -0.05) is 13.8 Å². The first-order valence-corrected chi connectivity index (χ1v) is 4.44. The Balaban J connectivity index is 2.71. The second kappa shape index (κ2) is 3.62. The zero-order chi connectivity index (χ0) is 8.27. The highest BCUT2D eigenvalue weighted by molar-refractivity contribution is 7.99. The number of thioether (sulfide) groups is 1. The highest BCUT2D eigenvalue weighted by atomic mass is 32.2. The van der Waals surface area contributed by atoms with E-state index < -0.39 is 0 Å². The highest BCUT2D eigenvalue weighted by Gasteiger charge is 1.98. The summed E-state index contributed by atoms with van der Waals surface area (Å²) in [7, 11) is 0. The fourth-order valence-electron chi connectivity index (χ4n) is 0.731. The second-order valence-corrected chi connectivity index (χ2v) is 4.19. The zero-order valence-electron chi connectivity index (χ0n) is 6.74. The van der Waals surface area contributed by atoms with Crippen molar-refractivity contribution in [3.05, 3.63) is 18.3 Å². The van der Waals surface area contributed by atoms with Crippen LogP contribution in [-0.2, 0) is 0 Å². The summed E-state index contributed by atoms with van der Waals surface area (Å²) in [6.07, 6.45) is 1.74. The predicted molar refractivity (Wildman–Crippen MR) is 49.6 cm³/mol. The number of hydrogen-bond acceptors (Lipinski definition) is 3. The van der Waals surface area contributed by atoms with E-state index in [1.54, 1.807) is 24.0 Å². The Labute approximate surface area is 71.2 Å². The van der Waals surface area contributed by atoms with Crippen LogP contribution in [0.3, 0.4) is 0 Å². The maximum absolute atomic E-state index is 5.58. The summed E-state index contributed by atoms with van der Waals surface area (Å²) in [4.78, 5) is 4.16. The van der Waals surface area contributed by atoms with Gasteiger partial charge >= 0.3 is 0 Å². The summed E-state index contributed by atoms with van der Waals surface area (Å²) in [6, 6.07) is 3.69. The van der Waals surface area contributed by atoms with Crippen LogP contribution in [0.15, 0.2) is 23.4 Å². The van der Waals surface area contributed by atoms with Crippen molar-refractivity contribution in [3.8, 4) is 0 Å². The minimum Gasteiger partial charge on any atom is -0.399 e. The lowest BCUT2D eigenvalue weighted by atomic mass is 10.4. The summed E-state index contributed by atoms with van der Waals surface area (Å²) in [6.45, 7) is 4.27. The van der Waals surface area contributed by atoms with E-state index in [1.165, 1.54) is 0 Å². The smallest absolute Gasteiger partial charge is 0.0982 e. The van der Waals surface area contributed by atoms with Gasteiger partial charge in [0, 0.05) is 17.1 Å². The lowest BCUT2D eigenvalue weighted by molar-refractivity contribution is 1.07. The van der Waals surface area contributed by atoms with E-state index in [1.807, 2.05) is 6.07 Å². The average Bonchev–Trinajstić information content (AvgIpc) is 1.85. The van der Waals surface area contributed by atoms with Gasteiger partial charge in [0.2, 0.25) is 0 Å². The first kappa shape index (κ1) is 8.40. The molecule has 1 aromatic rings. The van der Waals surface area contributed by atoms with E-state index in [0.29, 0.717) is 5.25 Å². The van der Waals surface area contributed by atoms with E-state index in [0.717, 1.165) is 10.7 Å². The molecular weight excluding hydrogens is 156 g/mol. The lowest BCUT2D eigenvalue weighted by Gasteiger charge is -2.03. The van der Waals surface area contributed by atoms with Crippen molar-refractivity contribution in [2.45, 2.75) is 24.1 Å². The third-order valence-corrected chi connectivity index (χ3v) is 2.05. The van der Waals surface area contributed by atoms with Crippen molar-refractivity contribution in [3.63, 3.8) is 0 Å². The molecule has 0 atom stereocenters. The van der Waals surface area contributed by atoms with Gasteiger partial charge in [-0.25, -0.2) is 4.98 Å². The molecule has 2 nitrogen and oxygen atoms in total. The first-order chi connectivity index (χ1) is 5.18. The summed E-state index contributed by atoms with van der Waals surface area (Å²) in [5, 5.41) is 1.56. The van der Waals surface area contributed by atoms with Crippen LogP contribution in [0, 0.1) is 0 Å². The van der Waals surface area contributed by atoms with Crippen LogP contribution in [-0.4, -0.2) is 10.2 Å². The third kappa shape index (κ3) is 2.80. The van der Waals surface area contributed by atoms with Crippen molar-refractivity contribution >= 4 is 17.4 Å². The molecule has 0 aliphatic rings. The van der Waals surface area contributed by atoms with Gasteiger partial charge < -0.3 is 5.73 Å². The number of rotatable bonds is 2. The minimum atomic E-state index is 0.560. The van der Waals surface area contributed by atoms with E-state index >= 15 is 0 Å². The molecule has 0 unspecified atom stereocenters. The molecule has 0 amide bonds. The normalized spacial score (nSPS) is 10.5. The van der Waals surface area contributed by atoms with Gasteiger partial charge in [0.25, 0.3) is 0 Å². The monoisotopic (exact) mass is 168 g/mol. The number of nitrogens with two attached hydrogens (primary N) is 1. The van der Waals surface area contributed by atoms with Crippen LogP contribution in [0.1, 0.15) is 13.8 Å². The molecule has 0 fully saturated rings. The van der Waals surface area contributed by atoms with Crippen molar-refractivity contribution in [2.24, 2.45) is 0 Å². The summed E-state index contributed by atoms with van der Waals surface area (Å²) in [5.74, 6) is 0. The molecule has 0 radical (unpaired) electrons. The molecule has 0 saturated carbocycles. The second-order valence-electron chi connectivity index (χ2n) is 2.59. The Morgan fingerprint density at radius 2 is 2.27 bits per heavy atom. The Morgan fingerprint density at radius 1 is 1.55 bits per heavy atom. The van der Waals surface area contributed by atoms with Gasteiger partial charge in [-0.3, -0.25) is 0 Å². The lowest BCUT2D eigenvalue weighted by Crippen LogP contribution is -1.90. The maximum atomic E-state index is 5.58. The van der Waals surface area contributed by atoms with Gasteiger partial charge in [-0.15, -0.1) is 11.8 Å². The molecule has 0 aliphatic carbocycles. The maximum Gasteiger partial charge on any atom is 0.0982 e. The van der Waals surface area contributed by atoms with Gasteiger partial charge in [0.1, 0.15) is 0 Å². The standard InChI is InChI=1S/C8H12N2S/c1-6(2)11-8-5-7(9)3-4-10-8/h3-6H,1-2H3,(H2,9,10). The van der Waals surface area contributed by atoms with E-state index in [2.05, 4.69) is 18.8 Å². The number of pyridine rings is 1. The van der Waals surface area contributed by atoms with Gasteiger partial charge in [-0.05, 0) is 12.1 Å². The van der Waals surface area contributed by atoms with Crippen LogP contribution in [0.25, 0.3) is 0 Å². The molecule has 0 bridgehead atoms. The van der Waals surface area contributed by atoms with E-state index in [-0.39, 0.29) is 0 Å². The SMILES string of the molecule is CC(C)Sc1cc(N)ccn1.